The molecule has 0 spiro atoms. The van der Waals surface area contributed by atoms with E-state index in [1.54, 1.807) is 0 Å². The summed E-state index contributed by atoms with van der Waals surface area (Å²) in [4.78, 5) is 6.53. The molecule has 0 aliphatic carbocycles. The van der Waals surface area contributed by atoms with Crippen molar-refractivity contribution in [2.24, 2.45) is 0 Å². The fourth-order valence-corrected chi connectivity index (χ4v) is 2.85. The summed E-state index contributed by atoms with van der Waals surface area (Å²) in [5.41, 5.74) is 1.41. The second-order valence-electron chi connectivity index (χ2n) is 4.76. The lowest BCUT2D eigenvalue weighted by Gasteiger charge is -2.22. The van der Waals surface area contributed by atoms with Crippen LogP contribution in [0.2, 0.25) is 0 Å². The maximum absolute atomic E-state index is 4.29. The Labute approximate surface area is 99.2 Å². The molecule has 3 aromatic rings. The summed E-state index contributed by atoms with van der Waals surface area (Å²) in [6, 6.07) is 8.77. The average Bonchev–Trinajstić information content (AvgIpc) is 2.35. The zero-order valence-electron chi connectivity index (χ0n) is 9.64. The quantitative estimate of drug-likeness (QED) is 0.578. The molecule has 4 rings (SSSR count). The molecular weight excluding hydrogens is 208 g/mol. The number of nitrogens with zero attached hydrogens (tertiary/aromatic N) is 2. The number of hydrogen-bond acceptors (Lipinski definition) is 2. The van der Waals surface area contributed by atoms with Crippen molar-refractivity contribution in [2.75, 3.05) is 7.05 Å². The van der Waals surface area contributed by atoms with Gasteiger partial charge < -0.3 is 4.90 Å². The molecule has 0 bridgehead atoms. The standard InChI is InChI=1S/C15H12N2/c1-17-8-12-4-2-10-6-16-7-11-3-5-13(9-17)15(12)14(10)11/h2-8H,9H2,1H3. The molecule has 0 N–H and O–H groups in total. The topological polar surface area (TPSA) is 16.1 Å². The van der Waals surface area contributed by atoms with Crippen LogP contribution in [0.1, 0.15) is 5.56 Å². The number of aromatic nitrogens is 1. The van der Waals surface area contributed by atoms with Crippen LogP contribution in [0, 0.1) is 0 Å². The molecule has 0 fully saturated rings. The maximum atomic E-state index is 4.29. The van der Waals surface area contributed by atoms with Crippen molar-refractivity contribution in [2.45, 2.75) is 6.54 Å². The summed E-state index contributed by atoms with van der Waals surface area (Å²) < 4.78 is 0. The molecule has 0 atom stereocenters. The van der Waals surface area contributed by atoms with Crippen molar-refractivity contribution >= 4 is 27.7 Å². The molecule has 2 heterocycles. The summed E-state index contributed by atoms with van der Waals surface area (Å²) in [5, 5.41) is 6.56. The van der Waals surface area contributed by atoms with Crippen molar-refractivity contribution in [3.05, 3.63) is 47.4 Å². The fourth-order valence-electron chi connectivity index (χ4n) is 2.85. The number of pyridine rings is 1. The van der Waals surface area contributed by atoms with Crippen LogP contribution in [0.3, 0.4) is 0 Å². The Balaban J connectivity index is 2.37. The first-order valence-corrected chi connectivity index (χ1v) is 5.83. The van der Waals surface area contributed by atoms with E-state index in [1.807, 2.05) is 12.4 Å². The predicted molar refractivity (Wildman–Crippen MR) is 70.4 cm³/mol. The molecule has 0 unspecified atom stereocenters. The van der Waals surface area contributed by atoms with Crippen LogP contribution in [-0.4, -0.2) is 16.9 Å². The monoisotopic (exact) mass is 220 g/mol. The highest BCUT2D eigenvalue weighted by Gasteiger charge is 2.12. The highest BCUT2D eigenvalue weighted by Crippen LogP contribution is 2.28. The Morgan fingerprint density at radius 2 is 1.76 bits per heavy atom. The number of hydrogen-bond donors (Lipinski definition) is 0. The summed E-state index contributed by atoms with van der Waals surface area (Å²) >= 11 is 0. The van der Waals surface area contributed by atoms with Crippen molar-refractivity contribution in [1.82, 2.24) is 9.88 Å². The van der Waals surface area contributed by atoms with Crippen molar-refractivity contribution in [3.63, 3.8) is 0 Å². The molecule has 2 nitrogen and oxygen atoms in total. The van der Waals surface area contributed by atoms with Gasteiger partial charge in [0.1, 0.15) is 0 Å². The third kappa shape index (κ3) is 1.12. The Morgan fingerprint density at radius 1 is 1.00 bits per heavy atom. The third-order valence-electron chi connectivity index (χ3n) is 3.55. The van der Waals surface area contributed by atoms with Crippen LogP contribution in [0.15, 0.2) is 36.7 Å². The van der Waals surface area contributed by atoms with Crippen LogP contribution in [-0.2, 0) is 6.54 Å². The van der Waals surface area contributed by atoms with Gasteiger partial charge in [0.25, 0.3) is 0 Å². The molecule has 1 aliphatic heterocycles. The third-order valence-corrected chi connectivity index (χ3v) is 3.55. The van der Waals surface area contributed by atoms with Gasteiger partial charge in [-0.05, 0) is 16.2 Å². The van der Waals surface area contributed by atoms with E-state index in [0.717, 1.165) is 6.54 Å². The minimum Gasteiger partial charge on any atom is -0.376 e. The Morgan fingerprint density at radius 3 is 2.59 bits per heavy atom. The zero-order valence-corrected chi connectivity index (χ0v) is 9.64. The van der Waals surface area contributed by atoms with E-state index in [0.29, 0.717) is 0 Å². The highest BCUT2D eigenvalue weighted by atomic mass is 15.1. The van der Waals surface area contributed by atoms with E-state index in [2.05, 4.69) is 47.4 Å². The van der Waals surface area contributed by atoms with E-state index in [1.165, 1.54) is 32.3 Å². The van der Waals surface area contributed by atoms with Crippen molar-refractivity contribution < 1.29 is 0 Å². The van der Waals surface area contributed by atoms with Gasteiger partial charge in [0.15, 0.2) is 0 Å². The summed E-state index contributed by atoms with van der Waals surface area (Å²) in [6.45, 7) is 0.990. The van der Waals surface area contributed by atoms with Crippen LogP contribution in [0.25, 0.3) is 27.7 Å². The van der Waals surface area contributed by atoms with E-state index in [4.69, 9.17) is 0 Å². The van der Waals surface area contributed by atoms with Gasteiger partial charge in [-0.3, -0.25) is 4.98 Å². The smallest absolute Gasteiger partial charge is 0.0427 e. The van der Waals surface area contributed by atoms with E-state index < -0.39 is 0 Å². The van der Waals surface area contributed by atoms with E-state index in [-0.39, 0.29) is 0 Å². The van der Waals surface area contributed by atoms with Crippen molar-refractivity contribution in [3.8, 4) is 0 Å². The Bertz CT molecular complexity index is 774. The molecular formula is C15H12N2. The van der Waals surface area contributed by atoms with Crippen LogP contribution in [0.4, 0.5) is 0 Å². The minimum absolute atomic E-state index is 0.990. The van der Waals surface area contributed by atoms with Crippen LogP contribution < -0.4 is 5.22 Å². The molecule has 2 heteroatoms. The first-order chi connectivity index (χ1) is 8.33. The molecule has 2 aromatic carbocycles. The SMILES string of the molecule is CN1C=c2ccc3cncc4ccc(c2c43)C1. The van der Waals surface area contributed by atoms with Gasteiger partial charge in [-0.25, -0.2) is 0 Å². The summed E-state index contributed by atoms with van der Waals surface area (Å²) in [7, 11) is 2.12. The number of benzene rings is 2. The van der Waals surface area contributed by atoms with E-state index in [9.17, 15) is 0 Å². The lowest BCUT2D eigenvalue weighted by Crippen LogP contribution is -2.22. The lowest BCUT2D eigenvalue weighted by atomic mass is 9.95. The highest BCUT2D eigenvalue weighted by molar-refractivity contribution is 6.11. The molecule has 0 radical (unpaired) electrons. The average molecular weight is 220 g/mol. The predicted octanol–water partition coefficient (Wildman–Crippen LogP) is 2.29. The second-order valence-corrected chi connectivity index (χ2v) is 4.76. The molecule has 17 heavy (non-hydrogen) atoms. The molecule has 1 aromatic heterocycles. The van der Waals surface area contributed by atoms with Gasteiger partial charge in [-0.15, -0.1) is 0 Å². The molecule has 0 amide bonds. The van der Waals surface area contributed by atoms with Gasteiger partial charge in [-0.2, -0.15) is 0 Å². The first-order valence-electron chi connectivity index (χ1n) is 5.83. The fraction of sp³-hybridized carbons (Fsp3) is 0.133. The van der Waals surface area contributed by atoms with Crippen LogP contribution >= 0.6 is 0 Å². The van der Waals surface area contributed by atoms with Crippen molar-refractivity contribution in [1.29, 1.82) is 0 Å². The van der Waals surface area contributed by atoms with Gasteiger partial charge in [0.05, 0.1) is 0 Å². The van der Waals surface area contributed by atoms with Gasteiger partial charge >= 0.3 is 0 Å². The molecule has 1 aliphatic rings. The summed E-state index contributed by atoms with van der Waals surface area (Å²) in [5.74, 6) is 0. The first kappa shape index (κ1) is 8.99. The number of rotatable bonds is 0. The maximum Gasteiger partial charge on any atom is 0.0427 e. The van der Waals surface area contributed by atoms with Gasteiger partial charge in [0, 0.05) is 48.3 Å². The zero-order chi connectivity index (χ0) is 11.4. The molecule has 82 valence electrons. The molecule has 0 saturated heterocycles. The Kier molecular flexibility index (Phi) is 1.57. The van der Waals surface area contributed by atoms with Gasteiger partial charge in [0.2, 0.25) is 0 Å². The summed E-state index contributed by atoms with van der Waals surface area (Å²) in [6.07, 6.45) is 6.13. The van der Waals surface area contributed by atoms with Gasteiger partial charge in [-0.1, -0.05) is 24.3 Å². The van der Waals surface area contributed by atoms with Crippen LogP contribution in [0.5, 0.6) is 0 Å². The Hall–Kier alpha value is -2.09. The largest absolute Gasteiger partial charge is 0.376 e. The normalized spacial score (nSPS) is 14.3. The minimum atomic E-state index is 0.990. The second kappa shape index (κ2) is 2.98. The lowest BCUT2D eigenvalue weighted by molar-refractivity contribution is 0.490. The molecule has 0 saturated carbocycles. The van der Waals surface area contributed by atoms with E-state index >= 15 is 0 Å².